The zero-order chi connectivity index (χ0) is 17.0. The molecule has 1 heterocycles. The Labute approximate surface area is 140 Å². The van der Waals surface area contributed by atoms with E-state index in [1.807, 2.05) is 0 Å². The Hall–Kier alpha value is -0.585. The van der Waals surface area contributed by atoms with Gasteiger partial charge < -0.3 is 20.4 Å². The fraction of sp³-hybridized carbons (Fsp3) is 0.941. The molecule has 3 N–H and O–H groups in total. The van der Waals surface area contributed by atoms with Crippen molar-refractivity contribution >= 4 is 13.0 Å². The van der Waals surface area contributed by atoms with Crippen LogP contribution in [0.3, 0.4) is 0 Å². The van der Waals surface area contributed by atoms with Crippen molar-refractivity contribution in [1.82, 2.24) is 5.32 Å². The molecule has 6 heteroatoms. The molecule has 0 unspecified atom stereocenters. The average Bonchev–Trinajstić information content (AvgIpc) is 2.82. The van der Waals surface area contributed by atoms with Crippen LogP contribution in [0, 0.1) is 23.2 Å². The Morgan fingerprint density at radius 2 is 2.04 bits per heavy atom. The van der Waals surface area contributed by atoms with E-state index >= 15 is 0 Å². The molecule has 1 aliphatic heterocycles. The predicted octanol–water partition coefficient (Wildman–Crippen LogP) is 1.74. The molecule has 5 atom stereocenters. The molecule has 4 rings (SSSR count). The minimum Gasteiger partial charge on any atom is -0.404 e. The first-order valence-electron chi connectivity index (χ1n) is 9.01. The topological polar surface area (TPSA) is 73.6 Å². The number of nitrogens with one attached hydrogen (secondary N) is 1. The van der Waals surface area contributed by atoms with Crippen molar-refractivity contribution < 1.29 is 14.1 Å². The molecule has 3 saturated carbocycles. The van der Waals surface area contributed by atoms with Gasteiger partial charge in [-0.05, 0) is 49.4 Å². The van der Waals surface area contributed by atoms with Crippen LogP contribution < -0.4 is 11.1 Å². The fourth-order valence-corrected chi connectivity index (χ4v) is 5.08. The van der Waals surface area contributed by atoms with Crippen LogP contribution in [-0.4, -0.2) is 37.2 Å². The number of carbonyl (C=O) groups excluding carboxylic acids is 1. The maximum Gasteiger partial charge on any atom is 0.481 e. The quantitative estimate of drug-likeness (QED) is 0.756. The van der Waals surface area contributed by atoms with Crippen molar-refractivity contribution in [3.05, 3.63) is 0 Å². The van der Waals surface area contributed by atoms with Crippen molar-refractivity contribution in [1.29, 1.82) is 0 Å². The number of carbonyl (C=O) groups is 1. The molecule has 0 radical (unpaired) electrons. The molecule has 3 aliphatic carbocycles. The lowest BCUT2D eigenvalue weighted by Crippen LogP contribution is -2.65. The molecule has 23 heavy (non-hydrogen) atoms. The molecule has 2 bridgehead atoms. The molecular formula is C17H31BN2O3. The second-order valence-corrected chi connectivity index (χ2v) is 8.84. The zero-order valence-corrected chi connectivity index (χ0v) is 15.1. The van der Waals surface area contributed by atoms with E-state index in [9.17, 15) is 4.79 Å². The van der Waals surface area contributed by atoms with Gasteiger partial charge in [0.25, 0.3) is 0 Å². The normalized spacial score (nSPS) is 38.9. The van der Waals surface area contributed by atoms with Gasteiger partial charge in [0, 0.05) is 0 Å². The molecule has 0 spiro atoms. The third-order valence-corrected chi connectivity index (χ3v) is 6.55. The van der Waals surface area contributed by atoms with E-state index in [-0.39, 0.29) is 37.2 Å². The van der Waals surface area contributed by atoms with E-state index in [1.54, 1.807) is 0 Å². The molecular weight excluding hydrogens is 291 g/mol. The van der Waals surface area contributed by atoms with Crippen LogP contribution in [0.1, 0.15) is 53.9 Å². The van der Waals surface area contributed by atoms with Crippen molar-refractivity contribution in [3.8, 4) is 0 Å². The molecule has 1 saturated heterocycles. The summed E-state index contributed by atoms with van der Waals surface area (Å²) in [5.41, 5.74) is 5.56. The van der Waals surface area contributed by atoms with Gasteiger partial charge in [-0.15, -0.1) is 0 Å². The first kappa shape index (κ1) is 17.2. The van der Waals surface area contributed by atoms with Gasteiger partial charge in [0.1, 0.15) is 0 Å². The number of rotatable bonds is 5. The smallest absolute Gasteiger partial charge is 0.404 e. The minimum atomic E-state index is -0.363. The van der Waals surface area contributed by atoms with Crippen LogP contribution >= 0.6 is 0 Å². The predicted molar refractivity (Wildman–Crippen MR) is 90.6 cm³/mol. The fourth-order valence-electron chi connectivity index (χ4n) is 5.08. The highest BCUT2D eigenvalue weighted by atomic mass is 16.7. The molecule has 4 aliphatic rings. The van der Waals surface area contributed by atoms with E-state index in [4.69, 9.17) is 15.0 Å². The number of hydrogen-bond donors (Lipinski definition) is 2. The van der Waals surface area contributed by atoms with Crippen molar-refractivity contribution in [2.24, 2.45) is 28.9 Å². The highest BCUT2D eigenvalue weighted by molar-refractivity contribution is 6.47. The largest absolute Gasteiger partial charge is 0.481 e. The van der Waals surface area contributed by atoms with Crippen LogP contribution in [0.5, 0.6) is 0 Å². The zero-order valence-electron chi connectivity index (χ0n) is 15.1. The summed E-state index contributed by atoms with van der Waals surface area (Å²) in [6, 6.07) is 0. The van der Waals surface area contributed by atoms with Crippen LogP contribution in [0.4, 0.5) is 0 Å². The van der Waals surface area contributed by atoms with Crippen LogP contribution in [0.15, 0.2) is 0 Å². The van der Waals surface area contributed by atoms with E-state index in [0.29, 0.717) is 17.3 Å². The lowest BCUT2D eigenvalue weighted by atomic mass is 9.43. The molecule has 4 fully saturated rings. The minimum absolute atomic E-state index is 0.000256. The van der Waals surface area contributed by atoms with Crippen LogP contribution in [-0.2, 0) is 14.1 Å². The van der Waals surface area contributed by atoms with Gasteiger partial charge in [0.15, 0.2) is 0 Å². The Bertz CT molecular complexity index is 484. The van der Waals surface area contributed by atoms with Crippen molar-refractivity contribution in [2.45, 2.75) is 71.5 Å². The highest BCUT2D eigenvalue weighted by Crippen LogP contribution is 2.65. The lowest BCUT2D eigenvalue weighted by Gasteiger charge is -2.64. The molecule has 0 aromatic rings. The Morgan fingerprint density at radius 3 is 2.61 bits per heavy atom. The van der Waals surface area contributed by atoms with Gasteiger partial charge in [-0.3, -0.25) is 4.79 Å². The summed E-state index contributed by atoms with van der Waals surface area (Å²) in [6.07, 6.45) is 3.28. The molecule has 5 nitrogen and oxygen atoms in total. The lowest BCUT2D eigenvalue weighted by molar-refractivity contribution is -0.199. The first-order chi connectivity index (χ1) is 10.7. The van der Waals surface area contributed by atoms with Gasteiger partial charge in [0.05, 0.1) is 24.2 Å². The number of nitrogens with two attached hydrogens (primary N) is 1. The molecule has 0 aromatic heterocycles. The Balaban J connectivity index is 1.75. The van der Waals surface area contributed by atoms with Crippen LogP contribution in [0.2, 0.25) is 0 Å². The average molecular weight is 322 g/mol. The number of amides is 1. The third kappa shape index (κ3) is 2.73. The Kier molecular flexibility index (Phi) is 4.31. The first-order valence-corrected chi connectivity index (χ1v) is 9.01. The van der Waals surface area contributed by atoms with E-state index in [1.165, 1.54) is 6.42 Å². The third-order valence-electron chi connectivity index (χ3n) is 6.55. The highest BCUT2D eigenvalue weighted by Gasteiger charge is 2.68. The van der Waals surface area contributed by atoms with Gasteiger partial charge in [-0.1, -0.05) is 27.7 Å². The monoisotopic (exact) mass is 322 g/mol. The summed E-state index contributed by atoms with van der Waals surface area (Å²) in [5, 5.41) is 3.00. The summed E-state index contributed by atoms with van der Waals surface area (Å²) < 4.78 is 12.8. The summed E-state index contributed by atoms with van der Waals surface area (Å²) in [4.78, 5) is 11.8. The van der Waals surface area contributed by atoms with Gasteiger partial charge in [-0.25, -0.2) is 0 Å². The Morgan fingerprint density at radius 1 is 1.35 bits per heavy atom. The summed E-state index contributed by atoms with van der Waals surface area (Å²) in [6.45, 7) is 11.2. The standard InChI is InChI=1S/C17H31BN2O3/c1-10(2)6-14(20-15(21)9-19)18-22-13-8-11-7-12(16(11,3)4)17(13,5)23-18/h10-14H,6-9,19H2,1-5H3,(H,20,21)/t11-,12+,13-,14+,17+/m1/s1. The summed E-state index contributed by atoms with van der Waals surface area (Å²) in [7, 11) is -0.363. The number of hydrogen-bond acceptors (Lipinski definition) is 4. The maximum absolute atomic E-state index is 11.8. The second-order valence-electron chi connectivity index (χ2n) is 8.84. The van der Waals surface area contributed by atoms with Crippen molar-refractivity contribution in [3.63, 3.8) is 0 Å². The van der Waals surface area contributed by atoms with Crippen molar-refractivity contribution in [2.75, 3.05) is 6.54 Å². The SMILES string of the molecule is CC(C)C[C@H](NC(=O)CN)B1O[C@@H]2C[C@H]3C[C@@H](C3(C)C)[C@]2(C)O1. The molecule has 1 amide bonds. The summed E-state index contributed by atoms with van der Waals surface area (Å²) >= 11 is 0. The van der Waals surface area contributed by atoms with E-state index < -0.39 is 0 Å². The van der Waals surface area contributed by atoms with Gasteiger partial charge in [0.2, 0.25) is 5.91 Å². The van der Waals surface area contributed by atoms with Gasteiger partial charge >= 0.3 is 7.12 Å². The molecule has 130 valence electrons. The second kappa shape index (κ2) is 5.75. The summed E-state index contributed by atoms with van der Waals surface area (Å²) in [5.74, 6) is 1.44. The van der Waals surface area contributed by atoms with E-state index in [0.717, 1.165) is 18.8 Å². The van der Waals surface area contributed by atoms with Crippen LogP contribution in [0.25, 0.3) is 0 Å². The maximum atomic E-state index is 11.8. The van der Waals surface area contributed by atoms with Gasteiger partial charge in [-0.2, -0.15) is 0 Å². The molecule has 0 aromatic carbocycles. The van der Waals surface area contributed by atoms with E-state index in [2.05, 4.69) is 39.9 Å².